The molecule has 0 fully saturated rings. The van der Waals surface area contributed by atoms with Crippen molar-refractivity contribution in [3.8, 4) is 0 Å². The molecule has 0 saturated carbocycles. The molecule has 0 aliphatic carbocycles. The summed E-state index contributed by atoms with van der Waals surface area (Å²) in [6.45, 7) is 0.996. The number of hydrogen-bond acceptors (Lipinski definition) is 3. The summed E-state index contributed by atoms with van der Waals surface area (Å²) in [6.07, 6.45) is -5.38. The number of rotatable bonds is 6. The number of halogens is 4. The van der Waals surface area contributed by atoms with Crippen LogP contribution >= 0.6 is 0 Å². The number of allylic oxidation sites excluding steroid dienone is 1. The van der Waals surface area contributed by atoms with E-state index in [2.05, 4.69) is 0 Å². The third-order valence-electron chi connectivity index (χ3n) is 5.99. The van der Waals surface area contributed by atoms with E-state index in [9.17, 15) is 31.9 Å². The average molecular weight is 496 g/mol. The summed E-state index contributed by atoms with van der Waals surface area (Å²) in [5.41, 5.74) is -4.62. The predicted molar refractivity (Wildman–Crippen MR) is 123 cm³/mol. The molecular weight excluding hydrogens is 476 g/mol. The van der Waals surface area contributed by atoms with Gasteiger partial charge in [0.2, 0.25) is 5.54 Å². The zero-order valence-corrected chi connectivity index (χ0v) is 19.0. The van der Waals surface area contributed by atoms with Crippen LogP contribution in [0.4, 0.5) is 17.6 Å². The Kier molecular flexibility index (Phi) is 6.49. The molecule has 9 heteroatoms. The van der Waals surface area contributed by atoms with E-state index in [-0.39, 0.29) is 23.4 Å². The van der Waals surface area contributed by atoms with Crippen molar-refractivity contribution in [2.24, 2.45) is 0 Å². The molecule has 1 atom stereocenters. The number of nitrogens with zero attached hydrogens (tertiary/aromatic N) is 1. The topological polar surface area (TPSA) is 66.5 Å². The van der Waals surface area contributed by atoms with Gasteiger partial charge in [-0.1, -0.05) is 60.7 Å². The van der Waals surface area contributed by atoms with Crippen molar-refractivity contribution in [1.29, 1.82) is 0 Å². The number of carbonyl (C=O) groups excluding carboxylic acids is 3. The molecule has 4 rings (SSSR count). The highest BCUT2D eigenvalue weighted by Gasteiger charge is 2.70. The van der Waals surface area contributed by atoms with Crippen LogP contribution in [0.25, 0.3) is 0 Å². The molecule has 3 aromatic rings. The highest BCUT2D eigenvalue weighted by molar-refractivity contribution is 6.19. The van der Waals surface area contributed by atoms with Gasteiger partial charge in [-0.3, -0.25) is 14.4 Å². The number of ketones is 1. The molecule has 3 aromatic carbocycles. The van der Waals surface area contributed by atoms with Crippen LogP contribution < -0.4 is 5.32 Å². The van der Waals surface area contributed by atoms with E-state index >= 15 is 0 Å². The number of carbonyl (C=O) groups is 3. The van der Waals surface area contributed by atoms with Gasteiger partial charge in [-0.25, -0.2) is 4.39 Å². The van der Waals surface area contributed by atoms with E-state index < -0.39 is 40.7 Å². The third kappa shape index (κ3) is 4.28. The molecule has 1 unspecified atom stereocenters. The van der Waals surface area contributed by atoms with Crippen molar-refractivity contribution in [2.75, 3.05) is 0 Å². The van der Waals surface area contributed by atoms with Gasteiger partial charge in [0, 0.05) is 16.8 Å². The molecule has 1 N–H and O–H groups in total. The number of alkyl halides is 3. The summed E-state index contributed by atoms with van der Waals surface area (Å²) in [7, 11) is 0. The molecule has 0 bridgehead atoms. The smallest absolute Gasteiger partial charge is 0.326 e. The molecule has 0 radical (unpaired) electrons. The highest BCUT2D eigenvalue weighted by atomic mass is 19.4. The van der Waals surface area contributed by atoms with E-state index in [0.717, 1.165) is 29.2 Å². The first-order valence-electron chi connectivity index (χ1n) is 10.9. The number of Topliss-reactive ketones (excluding diaryl/α,β-unsaturated/α-hetero) is 1. The van der Waals surface area contributed by atoms with E-state index in [4.69, 9.17) is 0 Å². The zero-order chi connectivity index (χ0) is 26.1. The Hall–Kier alpha value is -4.27. The van der Waals surface area contributed by atoms with Crippen LogP contribution in [0.5, 0.6) is 0 Å². The second-order valence-corrected chi connectivity index (χ2v) is 8.24. The van der Waals surface area contributed by atoms with Gasteiger partial charge in [0.15, 0.2) is 5.78 Å². The number of nitrogens with one attached hydrogen (secondary N) is 1. The minimum atomic E-state index is -5.38. The molecule has 0 saturated heterocycles. The molecule has 5 nitrogen and oxygen atoms in total. The normalized spacial score (nSPS) is 17.9. The summed E-state index contributed by atoms with van der Waals surface area (Å²) in [5, 5.41) is 1.81. The van der Waals surface area contributed by atoms with Gasteiger partial charge in [0.1, 0.15) is 5.82 Å². The van der Waals surface area contributed by atoms with Gasteiger partial charge in [-0.05, 0) is 36.8 Å². The van der Waals surface area contributed by atoms with Crippen LogP contribution in [0.1, 0.15) is 33.2 Å². The Labute approximate surface area is 204 Å². The summed E-state index contributed by atoms with van der Waals surface area (Å²) in [5.74, 6) is -4.54. The first-order valence-corrected chi connectivity index (χ1v) is 10.9. The van der Waals surface area contributed by atoms with E-state index in [1.54, 1.807) is 36.4 Å². The fraction of sp³-hybridized carbons (Fsp3) is 0.148. The molecular formula is C27H20F4N2O3. The summed E-state index contributed by atoms with van der Waals surface area (Å²) in [4.78, 5) is 40.9. The Morgan fingerprint density at radius 3 is 1.97 bits per heavy atom. The molecule has 0 aromatic heterocycles. The Morgan fingerprint density at radius 1 is 0.861 bits per heavy atom. The van der Waals surface area contributed by atoms with Crippen molar-refractivity contribution in [2.45, 2.75) is 25.2 Å². The lowest BCUT2D eigenvalue weighted by atomic mass is 9.84. The van der Waals surface area contributed by atoms with Crippen molar-refractivity contribution in [3.63, 3.8) is 0 Å². The van der Waals surface area contributed by atoms with E-state index in [1.807, 2.05) is 5.32 Å². The lowest BCUT2D eigenvalue weighted by molar-refractivity contribution is -0.189. The van der Waals surface area contributed by atoms with Crippen molar-refractivity contribution in [3.05, 3.63) is 119 Å². The molecule has 0 spiro atoms. The average Bonchev–Trinajstić information content (AvgIpc) is 3.07. The minimum absolute atomic E-state index is 0.0779. The Balaban J connectivity index is 1.88. The number of hydrogen-bond donors (Lipinski definition) is 1. The van der Waals surface area contributed by atoms with Crippen LogP contribution in [-0.2, 0) is 11.3 Å². The summed E-state index contributed by atoms with van der Waals surface area (Å²) < 4.78 is 58.1. The van der Waals surface area contributed by atoms with Crippen LogP contribution in [0.15, 0.2) is 96.2 Å². The molecule has 1 aliphatic heterocycles. The third-order valence-corrected chi connectivity index (χ3v) is 5.99. The molecule has 36 heavy (non-hydrogen) atoms. The van der Waals surface area contributed by atoms with Crippen LogP contribution in [-0.4, -0.2) is 34.2 Å². The second kappa shape index (κ2) is 9.41. The molecule has 1 aliphatic rings. The minimum Gasteiger partial charge on any atom is -0.326 e. The maximum absolute atomic E-state index is 14.9. The standard InChI is InChI=1S/C27H20F4N2O3/c1-17-22(23(34)19-10-6-3-7-11-19)26(27(29,30)31,32-24(35)20-12-14-21(28)15-13-20)25(36)33(17)16-18-8-4-2-5-9-18/h2-15H,16H2,1H3,(H,32,35). The van der Waals surface area contributed by atoms with Crippen LogP contribution in [0, 0.1) is 5.82 Å². The van der Waals surface area contributed by atoms with E-state index in [0.29, 0.717) is 5.56 Å². The van der Waals surface area contributed by atoms with Gasteiger partial charge >= 0.3 is 6.18 Å². The quantitative estimate of drug-likeness (QED) is 0.384. The van der Waals surface area contributed by atoms with Gasteiger partial charge in [-0.2, -0.15) is 13.2 Å². The number of amides is 2. The molecule has 2 amide bonds. The fourth-order valence-corrected chi connectivity index (χ4v) is 4.19. The first kappa shape index (κ1) is 24.8. The Bertz CT molecular complexity index is 1340. The first-order chi connectivity index (χ1) is 17.1. The van der Waals surface area contributed by atoms with Crippen LogP contribution in [0.2, 0.25) is 0 Å². The molecule has 1 heterocycles. The largest absolute Gasteiger partial charge is 0.425 e. The SMILES string of the molecule is CC1=C(C(=O)c2ccccc2)C(NC(=O)c2ccc(F)cc2)(C(F)(F)F)C(=O)N1Cc1ccccc1. The van der Waals surface area contributed by atoms with Gasteiger partial charge in [-0.15, -0.1) is 0 Å². The van der Waals surface area contributed by atoms with E-state index in [1.165, 1.54) is 31.2 Å². The zero-order valence-electron chi connectivity index (χ0n) is 19.0. The molecule has 184 valence electrons. The maximum atomic E-state index is 14.9. The summed E-state index contributed by atoms with van der Waals surface area (Å²) in [6, 6.07) is 19.3. The van der Waals surface area contributed by atoms with Gasteiger partial charge in [0.25, 0.3) is 11.8 Å². The van der Waals surface area contributed by atoms with Crippen LogP contribution in [0.3, 0.4) is 0 Å². The van der Waals surface area contributed by atoms with Crippen molar-refractivity contribution >= 4 is 17.6 Å². The predicted octanol–water partition coefficient (Wildman–Crippen LogP) is 5.06. The fourth-order valence-electron chi connectivity index (χ4n) is 4.19. The van der Waals surface area contributed by atoms with Crippen molar-refractivity contribution in [1.82, 2.24) is 10.2 Å². The lowest BCUT2D eigenvalue weighted by Crippen LogP contribution is -2.66. The van der Waals surface area contributed by atoms with Crippen molar-refractivity contribution < 1.29 is 31.9 Å². The second-order valence-electron chi connectivity index (χ2n) is 8.24. The summed E-state index contributed by atoms with van der Waals surface area (Å²) >= 11 is 0. The van der Waals surface area contributed by atoms with Gasteiger partial charge in [0.05, 0.1) is 12.1 Å². The lowest BCUT2D eigenvalue weighted by Gasteiger charge is -2.33. The monoisotopic (exact) mass is 496 g/mol. The maximum Gasteiger partial charge on any atom is 0.425 e. The highest BCUT2D eigenvalue weighted by Crippen LogP contribution is 2.46. The Morgan fingerprint density at radius 2 is 1.42 bits per heavy atom. The van der Waals surface area contributed by atoms with Gasteiger partial charge < -0.3 is 10.2 Å². The number of benzene rings is 3.